The van der Waals surface area contributed by atoms with Gasteiger partial charge in [0.05, 0.1) is 12.5 Å². The molecule has 2 heterocycles. The summed E-state index contributed by atoms with van der Waals surface area (Å²) in [6.45, 7) is 1.45. The van der Waals surface area contributed by atoms with Gasteiger partial charge in [-0.2, -0.15) is 5.10 Å². The fourth-order valence-electron chi connectivity index (χ4n) is 2.29. The third-order valence-corrected chi connectivity index (χ3v) is 4.65. The Labute approximate surface area is 159 Å². The van der Waals surface area contributed by atoms with Crippen LogP contribution < -0.4 is 10.6 Å². The fraction of sp³-hybridized carbons (Fsp3) is 0.167. The van der Waals surface area contributed by atoms with Gasteiger partial charge in [0.15, 0.2) is 11.0 Å². The molecule has 2 N–H and O–H groups in total. The molecular weight excluding hydrogens is 368 g/mol. The molecule has 1 saturated heterocycles. The average molecular weight is 384 g/mol. The van der Waals surface area contributed by atoms with Gasteiger partial charge in [0.2, 0.25) is 11.8 Å². The number of hydrogen-bond donors (Lipinski definition) is 2. The maximum Gasteiger partial charge on any atom is 0.240 e. The molecule has 27 heavy (non-hydrogen) atoms. The quantitative estimate of drug-likeness (QED) is 0.451. The second-order valence-corrected chi connectivity index (χ2v) is 6.84. The summed E-state index contributed by atoms with van der Waals surface area (Å²) in [5, 5.41) is 12.7. The third kappa shape index (κ3) is 5.14. The van der Waals surface area contributed by atoms with Crippen molar-refractivity contribution in [3.8, 4) is 0 Å². The molecule has 1 fully saturated rings. The number of amidine groups is 1. The van der Waals surface area contributed by atoms with Crippen LogP contribution in [-0.2, 0) is 9.59 Å². The van der Waals surface area contributed by atoms with Gasteiger partial charge in [-0.25, -0.2) is 0 Å². The van der Waals surface area contributed by atoms with E-state index in [0.717, 1.165) is 11.8 Å². The van der Waals surface area contributed by atoms with E-state index in [4.69, 9.17) is 4.42 Å². The van der Waals surface area contributed by atoms with Crippen LogP contribution >= 0.6 is 11.8 Å². The van der Waals surface area contributed by atoms with Crippen molar-refractivity contribution in [1.82, 2.24) is 5.32 Å². The van der Waals surface area contributed by atoms with Crippen LogP contribution in [0.25, 0.3) is 0 Å². The van der Waals surface area contributed by atoms with Crippen molar-refractivity contribution in [2.75, 3.05) is 5.32 Å². The van der Waals surface area contributed by atoms with Gasteiger partial charge in [0.25, 0.3) is 0 Å². The average Bonchev–Trinajstić information content (AvgIpc) is 3.25. The SMILES string of the molecule is CC(=O)c1cccc(NC(=O)C[C@H]2S/C(=N/N=C\c3ccco3)NC2=O)c1. The van der Waals surface area contributed by atoms with E-state index in [1.165, 1.54) is 19.4 Å². The molecular formula is C18H16N4O4S. The first-order valence-electron chi connectivity index (χ1n) is 8.04. The van der Waals surface area contributed by atoms with Gasteiger partial charge in [-0.1, -0.05) is 23.9 Å². The largest absolute Gasteiger partial charge is 0.463 e. The van der Waals surface area contributed by atoms with E-state index in [0.29, 0.717) is 22.2 Å². The number of amides is 2. The Hall–Kier alpha value is -3.20. The van der Waals surface area contributed by atoms with Crippen LogP contribution in [0.3, 0.4) is 0 Å². The minimum atomic E-state index is -0.599. The number of furan rings is 1. The Kier molecular flexibility index (Phi) is 5.82. The summed E-state index contributed by atoms with van der Waals surface area (Å²) in [5.41, 5.74) is 1.01. The first-order valence-corrected chi connectivity index (χ1v) is 8.92. The van der Waals surface area contributed by atoms with Gasteiger partial charge in [-0.05, 0) is 31.2 Å². The molecule has 0 bridgehead atoms. The number of hydrogen-bond acceptors (Lipinski definition) is 7. The lowest BCUT2D eigenvalue weighted by molar-refractivity contribution is -0.122. The molecule has 138 valence electrons. The number of Topliss-reactive ketones (excluding diaryl/α,β-unsaturated/α-hetero) is 1. The van der Waals surface area contributed by atoms with E-state index in [1.54, 1.807) is 36.4 Å². The summed E-state index contributed by atoms with van der Waals surface area (Å²) in [4.78, 5) is 35.6. The van der Waals surface area contributed by atoms with Gasteiger partial charge in [-0.15, -0.1) is 5.10 Å². The van der Waals surface area contributed by atoms with Crippen molar-refractivity contribution in [1.29, 1.82) is 0 Å². The maximum atomic E-state index is 12.2. The first-order chi connectivity index (χ1) is 13.0. The molecule has 9 heteroatoms. The molecule has 0 radical (unpaired) electrons. The van der Waals surface area contributed by atoms with Crippen molar-refractivity contribution in [2.24, 2.45) is 10.2 Å². The molecule has 3 rings (SSSR count). The van der Waals surface area contributed by atoms with Crippen molar-refractivity contribution in [3.63, 3.8) is 0 Å². The Balaban J connectivity index is 1.56. The Morgan fingerprint density at radius 2 is 2.19 bits per heavy atom. The number of ketones is 1. The van der Waals surface area contributed by atoms with Crippen LogP contribution in [0.15, 0.2) is 57.3 Å². The first kappa shape index (κ1) is 18.6. The molecule has 0 saturated carbocycles. The van der Waals surface area contributed by atoms with Crippen LogP contribution in [-0.4, -0.2) is 34.2 Å². The molecule has 1 aromatic carbocycles. The zero-order valence-corrected chi connectivity index (χ0v) is 15.2. The lowest BCUT2D eigenvalue weighted by Gasteiger charge is -2.08. The number of anilines is 1. The van der Waals surface area contributed by atoms with Crippen molar-refractivity contribution in [2.45, 2.75) is 18.6 Å². The number of carbonyl (C=O) groups excluding carboxylic acids is 3. The Morgan fingerprint density at radius 3 is 2.93 bits per heavy atom. The number of thioether (sulfide) groups is 1. The van der Waals surface area contributed by atoms with E-state index in [9.17, 15) is 14.4 Å². The molecule has 0 spiro atoms. The van der Waals surface area contributed by atoms with Gasteiger partial charge in [0, 0.05) is 17.7 Å². The number of nitrogens with one attached hydrogen (secondary N) is 2. The van der Waals surface area contributed by atoms with Crippen molar-refractivity contribution < 1.29 is 18.8 Å². The Bertz CT molecular complexity index is 921. The van der Waals surface area contributed by atoms with Gasteiger partial charge in [-0.3, -0.25) is 14.4 Å². The highest BCUT2D eigenvalue weighted by atomic mass is 32.2. The summed E-state index contributed by atoms with van der Waals surface area (Å²) in [7, 11) is 0. The standard InChI is InChI=1S/C18H16N4O4S/c1-11(23)12-4-2-5-13(8-12)20-16(24)9-15-17(25)21-18(27-15)22-19-10-14-6-3-7-26-14/h2-8,10,15H,9H2,1H3,(H,20,24)(H,21,22,25)/b19-10-/t15-/m1/s1. The normalized spacial score (nSPS) is 18.0. The summed E-state index contributed by atoms with van der Waals surface area (Å²) >= 11 is 1.13. The maximum absolute atomic E-state index is 12.2. The monoisotopic (exact) mass is 384 g/mol. The minimum absolute atomic E-state index is 0.0261. The number of rotatable bonds is 6. The van der Waals surface area contributed by atoms with Gasteiger partial charge in [0.1, 0.15) is 11.0 Å². The molecule has 2 amide bonds. The van der Waals surface area contributed by atoms with Crippen LogP contribution in [0.5, 0.6) is 0 Å². The number of carbonyl (C=O) groups is 3. The topological polar surface area (TPSA) is 113 Å². The van der Waals surface area contributed by atoms with E-state index in [-0.39, 0.29) is 24.0 Å². The van der Waals surface area contributed by atoms with Gasteiger partial charge < -0.3 is 15.1 Å². The molecule has 8 nitrogen and oxygen atoms in total. The summed E-state index contributed by atoms with van der Waals surface area (Å²) in [6.07, 6.45) is 2.91. The molecule has 0 aliphatic carbocycles. The third-order valence-electron chi connectivity index (χ3n) is 3.58. The van der Waals surface area contributed by atoms with Crippen LogP contribution in [0.2, 0.25) is 0 Å². The van der Waals surface area contributed by atoms with Crippen LogP contribution in [0.1, 0.15) is 29.5 Å². The second-order valence-electron chi connectivity index (χ2n) is 5.65. The highest BCUT2D eigenvalue weighted by molar-refractivity contribution is 8.15. The van der Waals surface area contributed by atoms with E-state index in [2.05, 4.69) is 20.8 Å². The predicted octanol–water partition coefficient (Wildman–Crippen LogP) is 2.43. The smallest absolute Gasteiger partial charge is 0.240 e. The van der Waals surface area contributed by atoms with E-state index in [1.807, 2.05) is 0 Å². The van der Waals surface area contributed by atoms with Crippen molar-refractivity contribution in [3.05, 3.63) is 54.0 Å². The molecule has 1 aliphatic heterocycles. The molecule has 1 aromatic heterocycles. The lowest BCUT2D eigenvalue weighted by atomic mass is 10.1. The zero-order chi connectivity index (χ0) is 19.2. The van der Waals surface area contributed by atoms with Crippen LogP contribution in [0.4, 0.5) is 5.69 Å². The Morgan fingerprint density at radius 1 is 1.33 bits per heavy atom. The molecule has 0 unspecified atom stereocenters. The summed E-state index contributed by atoms with van der Waals surface area (Å²) in [6, 6.07) is 10.1. The summed E-state index contributed by atoms with van der Waals surface area (Å²) < 4.78 is 5.09. The minimum Gasteiger partial charge on any atom is -0.463 e. The second kappa shape index (κ2) is 8.45. The van der Waals surface area contributed by atoms with E-state index < -0.39 is 5.25 Å². The molecule has 1 atom stereocenters. The van der Waals surface area contributed by atoms with Crippen molar-refractivity contribution >= 4 is 46.4 Å². The lowest BCUT2D eigenvalue weighted by Crippen LogP contribution is -2.28. The summed E-state index contributed by atoms with van der Waals surface area (Å²) in [5.74, 6) is -0.187. The number of nitrogens with zero attached hydrogens (tertiary/aromatic N) is 2. The highest BCUT2D eigenvalue weighted by Crippen LogP contribution is 2.23. The van der Waals surface area contributed by atoms with Crippen LogP contribution in [0, 0.1) is 0 Å². The molecule has 1 aliphatic rings. The zero-order valence-electron chi connectivity index (χ0n) is 14.3. The molecule has 2 aromatic rings. The van der Waals surface area contributed by atoms with Gasteiger partial charge >= 0.3 is 0 Å². The predicted molar refractivity (Wildman–Crippen MR) is 103 cm³/mol. The van der Waals surface area contributed by atoms with E-state index >= 15 is 0 Å². The number of benzene rings is 1. The highest BCUT2D eigenvalue weighted by Gasteiger charge is 2.32. The fourth-order valence-corrected chi connectivity index (χ4v) is 3.21.